The summed E-state index contributed by atoms with van der Waals surface area (Å²) in [5.41, 5.74) is 4.12. The van der Waals surface area contributed by atoms with E-state index in [1.807, 2.05) is 18.5 Å². The van der Waals surface area contributed by atoms with E-state index in [0.717, 1.165) is 36.2 Å². The van der Waals surface area contributed by atoms with Gasteiger partial charge in [0.2, 0.25) is 0 Å². The predicted octanol–water partition coefficient (Wildman–Crippen LogP) is 4.77. The lowest BCUT2D eigenvalue weighted by atomic mass is 9.89. The first-order chi connectivity index (χ1) is 15.9. The molecular weight excluding hydrogens is 437 g/mol. The van der Waals surface area contributed by atoms with Gasteiger partial charge in [0.1, 0.15) is 11.1 Å². The summed E-state index contributed by atoms with van der Waals surface area (Å²) in [4.78, 5) is 4.89. The van der Waals surface area contributed by atoms with Gasteiger partial charge in [-0.3, -0.25) is 4.68 Å². The summed E-state index contributed by atoms with van der Waals surface area (Å²) in [6.45, 7) is 7.48. The first-order valence-electron chi connectivity index (χ1n) is 10.9. The number of hydrogen-bond acceptors (Lipinski definition) is 6. The molecule has 1 unspecified atom stereocenters. The molecule has 5 heterocycles. The van der Waals surface area contributed by atoms with Gasteiger partial charge in [0.25, 0.3) is 0 Å². The minimum atomic E-state index is -0.401. The van der Waals surface area contributed by atoms with E-state index in [1.54, 1.807) is 16.8 Å². The number of aromatic nitrogens is 5. The maximum Gasteiger partial charge on any atom is 0.155 e. The summed E-state index contributed by atoms with van der Waals surface area (Å²) >= 11 is 1.19. The van der Waals surface area contributed by atoms with Crippen LogP contribution in [0.15, 0.2) is 52.9 Å². The van der Waals surface area contributed by atoms with Gasteiger partial charge < -0.3 is 5.32 Å². The zero-order valence-corrected chi connectivity index (χ0v) is 19.5. The van der Waals surface area contributed by atoms with Crippen molar-refractivity contribution < 1.29 is 4.39 Å². The summed E-state index contributed by atoms with van der Waals surface area (Å²) in [5.74, 6) is -0.401. The van der Waals surface area contributed by atoms with Crippen LogP contribution in [0, 0.1) is 24.1 Å². The summed E-state index contributed by atoms with van der Waals surface area (Å²) in [7, 11) is 0. The highest BCUT2D eigenvalue weighted by Crippen LogP contribution is 2.37. The van der Waals surface area contributed by atoms with Gasteiger partial charge in [-0.25, -0.2) is 13.9 Å². The van der Waals surface area contributed by atoms with Crippen LogP contribution in [0.2, 0.25) is 0 Å². The molecule has 1 fully saturated rings. The Labute approximate surface area is 195 Å². The van der Waals surface area contributed by atoms with Crippen LogP contribution in [0.3, 0.4) is 0 Å². The van der Waals surface area contributed by atoms with Crippen LogP contribution >= 0.6 is 11.8 Å². The Morgan fingerprint density at radius 2 is 2.15 bits per heavy atom. The van der Waals surface area contributed by atoms with E-state index in [1.165, 1.54) is 24.0 Å². The topological polar surface area (TPSA) is 83.8 Å². The van der Waals surface area contributed by atoms with Crippen LogP contribution < -0.4 is 5.32 Å². The molecule has 0 bridgehead atoms. The average Bonchev–Trinajstić information content (AvgIpc) is 3.38. The number of nitrogens with one attached hydrogen (secondary N) is 1. The Bertz CT molecular complexity index is 1380. The van der Waals surface area contributed by atoms with E-state index in [-0.39, 0.29) is 10.6 Å². The molecule has 168 valence electrons. The maximum atomic E-state index is 14.4. The highest BCUT2D eigenvalue weighted by molar-refractivity contribution is 7.99. The molecule has 4 aromatic rings. The van der Waals surface area contributed by atoms with Crippen LogP contribution in [-0.2, 0) is 0 Å². The molecule has 4 aromatic heterocycles. The fraction of sp³-hybridized carbons (Fsp3) is 0.333. The largest absolute Gasteiger partial charge is 0.312 e. The van der Waals surface area contributed by atoms with Gasteiger partial charge >= 0.3 is 0 Å². The zero-order valence-electron chi connectivity index (χ0n) is 18.7. The lowest BCUT2D eigenvalue weighted by Gasteiger charge is -2.37. The van der Waals surface area contributed by atoms with Crippen LogP contribution in [-0.4, -0.2) is 36.5 Å². The fourth-order valence-electron chi connectivity index (χ4n) is 4.57. The number of nitrogens with zero attached hydrogens (tertiary/aromatic N) is 6. The van der Waals surface area contributed by atoms with Gasteiger partial charge in [0.15, 0.2) is 5.82 Å². The third-order valence-corrected chi connectivity index (χ3v) is 7.18. The smallest absolute Gasteiger partial charge is 0.155 e. The quantitative estimate of drug-likeness (QED) is 0.471. The Kier molecular flexibility index (Phi) is 5.43. The van der Waals surface area contributed by atoms with Gasteiger partial charge in [-0.15, -0.1) is 0 Å². The van der Waals surface area contributed by atoms with Crippen molar-refractivity contribution in [2.24, 2.45) is 0 Å². The lowest BCUT2D eigenvalue weighted by Crippen LogP contribution is -2.46. The van der Waals surface area contributed by atoms with E-state index in [4.69, 9.17) is 5.10 Å². The van der Waals surface area contributed by atoms with E-state index in [2.05, 4.69) is 46.9 Å². The number of fused-ring (bicyclic) bond motifs is 1. The first kappa shape index (κ1) is 21.6. The van der Waals surface area contributed by atoms with Crippen molar-refractivity contribution in [3.63, 3.8) is 0 Å². The molecule has 1 atom stereocenters. The second-order valence-corrected chi connectivity index (χ2v) is 10.0. The van der Waals surface area contributed by atoms with E-state index < -0.39 is 5.82 Å². The summed E-state index contributed by atoms with van der Waals surface area (Å²) in [6, 6.07) is 7.42. The van der Waals surface area contributed by atoms with Crippen molar-refractivity contribution in [3.8, 4) is 17.2 Å². The average molecular weight is 462 g/mol. The molecule has 0 aromatic carbocycles. The Morgan fingerprint density at radius 1 is 1.30 bits per heavy atom. The van der Waals surface area contributed by atoms with Crippen molar-refractivity contribution in [3.05, 3.63) is 60.1 Å². The number of nitriles is 1. The molecule has 1 N–H and O–H groups in total. The minimum absolute atomic E-state index is 0.0691. The first-order valence-corrected chi connectivity index (χ1v) is 11.7. The van der Waals surface area contributed by atoms with Crippen molar-refractivity contribution >= 4 is 17.3 Å². The van der Waals surface area contributed by atoms with Crippen LogP contribution in [0.25, 0.3) is 16.6 Å². The van der Waals surface area contributed by atoms with Gasteiger partial charge in [-0.1, -0.05) is 11.8 Å². The third kappa shape index (κ3) is 4.01. The Morgan fingerprint density at radius 3 is 2.91 bits per heavy atom. The fourth-order valence-corrected chi connectivity index (χ4v) is 5.54. The third-order valence-electron chi connectivity index (χ3n) is 6.16. The second kappa shape index (κ2) is 8.28. The van der Waals surface area contributed by atoms with Gasteiger partial charge in [0.05, 0.1) is 29.5 Å². The normalized spacial score (nSPS) is 17.8. The molecule has 33 heavy (non-hydrogen) atoms. The van der Waals surface area contributed by atoms with Gasteiger partial charge in [-0.05, 0) is 58.4 Å². The minimum Gasteiger partial charge on any atom is -0.312 e. The molecule has 1 aliphatic rings. The molecule has 5 rings (SSSR count). The SMILES string of the molecule is Cc1c(-c2cc(Sc3ncccc3F)c3c(C#N)cnn3c2)cnn1C1CCNC(C)(C)C1. The van der Waals surface area contributed by atoms with E-state index in [9.17, 15) is 9.65 Å². The molecule has 7 nitrogen and oxygen atoms in total. The highest BCUT2D eigenvalue weighted by atomic mass is 32.2. The monoisotopic (exact) mass is 461 g/mol. The highest BCUT2D eigenvalue weighted by Gasteiger charge is 2.30. The van der Waals surface area contributed by atoms with E-state index in [0.29, 0.717) is 22.0 Å². The number of piperidine rings is 1. The molecule has 1 aliphatic heterocycles. The van der Waals surface area contributed by atoms with Gasteiger partial charge in [-0.2, -0.15) is 15.5 Å². The number of hydrogen-bond donors (Lipinski definition) is 1. The molecule has 9 heteroatoms. The van der Waals surface area contributed by atoms with Crippen LogP contribution in [0.4, 0.5) is 4.39 Å². The maximum absolute atomic E-state index is 14.4. The molecule has 0 saturated carbocycles. The number of pyridine rings is 2. The standard InChI is InChI=1S/C24H24FN7S/c1-15-19(13-30-32(15)18-6-8-28-24(2,3)10-18)16-9-21(33-23-20(25)5-4-7-27-23)22-17(11-26)12-29-31(22)14-16/h4-5,7,9,12-14,18,28H,6,8,10H2,1-3H3. The molecule has 0 amide bonds. The Hall–Kier alpha value is -3.22. The summed E-state index contributed by atoms with van der Waals surface area (Å²) in [5, 5.41) is 22.5. The number of rotatable bonds is 4. The van der Waals surface area contributed by atoms with E-state index >= 15 is 0 Å². The zero-order chi connectivity index (χ0) is 23.2. The molecular formula is C24H24FN7S. The molecule has 0 radical (unpaired) electrons. The van der Waals surface area contributed by atoms with Crippen molar-refractivity contribution in [1.29, 1.82) is 5.26 Å². The molecule has 1 saturated heterocycles. The van der Waals surface area contributed by atoms with Crippen molar-refractivity contribution in [1.82, 2.24) is 29.7 Å². The summed E-state index contributed by atoms with van der Waals surface area (Å²) in [6.07, 6.45) is 8.90. The molecule has 0 spiro atoms. The summed E-state index contributed by atoms with van der Waals surface area (Å²) < 4.78 is 18.2. The van der Waals surface area contributed by atoms with Gasteiger partial charge in [0, 0.05) is 39.6 Å². The lowest BCUT2D eigenvalue weighted by molar-refractivity contribution is 0.219. The molecule has 0 aliphatic carbocycles. The van der Waals surface area contributed by atoms with Crippen LogP contribution in [0.1, 0.15) is 44.0 Å². The number of halogens is 1. The predicted molar refractivity (Wildman–Crippen MR) is 125 cm³/mol. The Balaban J connectivity index is 1.59. The van der Waals surface area contributed by atoms with Crippen LogP contribution in [0.5, 0.6) is 0 Å². The second-order valence-electron chi connectivity index (χ2n) is 8.99. The van der Waals surface area contributed by atoms with Crippen molar-refractivity contribution in [2.75, 3.05) is 6.54 Å². The van der Waals surface area contributed by atoms with Crippen molar-refractivity contribution in [2.45, 2.75) is 55.1 Å².